The van der Waals surface area contributed by atoms with Gasteiger partial charge in [0.05, 0.1) is 4.92 Å². The maximum atomic E-state index is 10.7. The van der Waals surface area contributed by atoms with Gasteiger partial charge in [0.1, 0.15) is 0 Å². The zero-order valence-electron chi connectivity index (χ0n) is 13.1. The van der Waals surface area contributed by atoms with E-state index in [2.05, 4.69) is 31.2 Å². The Hall–Kier alpha value is -0.980. The molecular formula is C15H25N3O2S. The predicted octanol–water partition coefficient (Wildman–Crippen LogP) is 3.26. The molecule has 118 valence electrons. The van der Waals surface area contributed by atoms with Gasteiger partial charge in [0.25, 0.3) is 0 Å². The largest absolute Gasteiger partial charge is 0.324 e. The van der Waals surface area contributed by atoms with Crippen LogP contribution in [0.3, 0.4) is 0 Å². The van der Waals surface area contributed by atoms with E-state index in [1.54, 1.807) is 6.07 Å². The van der Waals surface area contributed by atoms with Gasteiger partial charge >= 0.3 is 5.00 Å². The molecule has 1 heterocycles. The van der Waals surface area contributed by atoms with Gasteiger partial charge in [0.15, 0.2) is 0 Å². The van der Waals surface area contributed by atoms with E-state index >= 15 is 0 Å². The van der Waals surface area contributed by atoms with Crippen molar-refractivity contribution in [1.29, 1.82) is 0 Å². The second-order valence-corrected chi connectivity index (χ2v) is 7.57. The smallest absolute Gasteiger partial charge is 0.310 e. The third kappa shape index (κ3) is 4.02. The zero-order valence-corrected chi connectivity index (χ0v) is 13.9. The summed E-state index contributed by atoms with van der Waals surface area (Å²) >= 11 is 1.26. The van der Waals surface area contributed by atoms with E-state index in [9.17, 15) is 10.1 Å². The number of nitrogens with one attached hydrogen (secondary N) is 1. The molecule has 0 saturated heterocycles. The first-order valence-corrected chi connectivity index (χ1v) is 8.36. The Morgan fingerprint density at radius 3 is 2.86 bits per heavy atom. The van der Waals surface area contributed by atoms with E-state index in [-0.39, 0.29) is 15.5 Å². The Kier molecular flexibility index (Phi) is 5.35. The van der Waals surface area contributed by atoms with Crippen LogP contribution >= 0.6 is 11.3 Å². The first-order chi connectivity index (χ1) is 9.93. The number of hydrogen-bond acceptors (Lipinski definition) is 5. The molecule has 2 rings (SSSR count). The van der Waals surface area contributed by atoms with E-state index in [1.807, 2.05) is 6.07 Å². The molecule has 2 atom stereocenters. The van der Waals surface area contributed by atoms with Crippen LogP contribution in [0, 0.1) is 16.0 Å². The lowest BCUT2D eigenvalue weighted by Gasteiger charge is -2.45. The van der Waals surface area contributed by atoms with Gasteiger partial charge in [-0.15, -0.1) is 0 Å². The molecule has 1 aromatic rings. The molecular weight excluding hydrogens is 286 g/mol. The maximum Gasteiger partial charge on any atom is 0.324 e. The third-order valence-corrected chi connectivity index (χ3v) is 5.63. The quantitative estimate of drug-likeness (QED) is 0.647. The van der Waals surface area contributed by atoms with Crippen LogP contribution in [0.4, 0.5) is 5.00 Å². The molecule has 21 heavy (non-hydrogen) atoms. The Balaban J connectivity index is 1.91. The highest BCUT2D eigenvalue weighted by molar-refractivity contribution is 7.15. The van der Waals surface area contributed by atoms with Gasteiger partial charge in [-0.25, -0.2) is 0 Å². The van der Waals surface area contributed by atoms with Crippen molar-refractivity contribution in [2.75, 3.05) is 20.6 Å². The molecule has 0 spiro atoms. The minimum Gasteiger partial charge on any atom is -0.310 e. The monoisotopic (exact) mass is 311 g/mol. The molecule has 0 aliphatic heterocycles. The molecule has 1 N–H and O–H groups in total. The zero-order chi connectivity index (χ0) is 15.5. The highest BCUT2D eigenvalue weighted by atomic mass is 32.1. The SMILES string of the molecule is CC1CCCC(CNCc2ccc([N+](=O)[O-])s2)(N(C)C)C1. The second kappa shape index (κ2) is 6.85. The highest BCUT2D eigenvalue weighted by Crippen LogP contribution is 2.35. The minimum absolute atomic E-state index is 0.223. The molecule has 1 aromatic heterocycles. The van der Waals surface area contributed by atoms with Crippen molar-refractivity contribution < 1.29 is 4.92 Å². The summed E-state index contributed by atoms with van der Waals surface area (Å²) in [5.74, 6) is 0.769. The molecule has 2 unspecified atom stereocenters. The summed E-state index contributed by atoms with van der Waals surface area (Å²) in [6.07, 6.45) is 5.05. The normalized spacial score (nSPS) is 26.2. The first-order valence-electron chi connectivity index (χ1n) is 7.54. The number of hydrogen-bond donors (Lipinski definition) is 1. The molecule has 1 aliphatic carbocycles. The first kappa shape index (κ1) is 16.4. The van der Waals surface area contributed by atoms with Gasteiger partial charge in [-0.1, -0.05) is 31.1 Å². The fraction of sp³-hybridized carbons (Fsp3) is 0.733. The van der Waals surface area contributed by atoms with Crippen LogP contribution in [-0.4, -0.2) is 36.0 Å². The van der Waals surface area contributed by atoms with Gasteiger partial charge < -0.3 is 10.2 Å². The fourth-order valence-corrected chi connectivity index (χ4v) is 4.12. The lowest BCUT2D eigenvalue weighted by atomic mass is 9.75. The van der Waals surface area contributed by atoms with Crippen molar-refractivity contribution in [1.82, 2.24) is 10.2 Å². The average Bonchev–Trinajstić information content (AvgIpc) is 2.87. The summed E-state index contributed by atoms with van der Waals surface area (Å²) in [5, 5.41) is 14.4. The summed E-state index contributed by atoms with van der Waals surface area (Å²) in [6, 6.07) is 3.44. The number of thiophene rings is 1. The van der Waals surface area contributed by atoms with Crippen LogP contribution in [0.5, 0.6) is 0 Å². The van der Waals surface area contributed by atoms with Crippen LogP contribution in [0.1, 0.15) is 37.5 Å². The van der Waals surface area contributed by atoms with Crippen LogP contribution in [0.15, 0.2) is 12.1 Å². The fourth-order valence-electron chi connectivity index (χ4n) is 3.34. The Labute approximate surface area is 130 Å². The molecule has 6 heteroatoms. The summed E-state index contributed by atoms with van der Waals surface area (Å²) < 4.78 is 0. The number of nitro groups is 1. The highest BCUT2D eigenvalue weighted by Gasteiger charge is 2.36. The molecule has 1 aliphatic rings. The molecule has 0 amide bonds. The molecule has 0 aromatic carbocycles. The lowest BCUT2D eigenvalue weighted by Crippen LogP contribution is -2.54. The van der Waals surface area contributed by atoms with E-state index in [1.165, 1.54) is 37.0 Å². The van der Waals surface area contributed by atoms with Crippen molar-refractivity contribution in [2.24, 2.45) is 5.92 Å². The molecule has 5 nitrogen and oxygen atoms in total. The minimum atomic E-state index is -0.321. The van der Waals surface area contributed by atoms with E-state index in [0.29, 0.717) is 6.54 Å². The van der Waals surface area contributed by atoms with Gasteiger partial charge in [-0.3, -0.25) is 10.1 Å². The molecule has 1 fully saturated rings. The van der Waals surface area contributed by atoms with E-state index in [4.69, 9.17) is 0 Å². The van der Waals surface area contributed by atoms with Crippen molar-refractivity contribution in [3.63, 3.8) is 0 Å². The van der Waals surface area contributed by atoms with Crippen LogP contribution < -0.4 is 5.32 Å². The van der Waals surface area contributed by atoms with E-state index < -0.39 is 0 Å². The third-order valence-electron chi connectivity index (χ3n) is 4.60. The van der Waals surface area contributed by atoms with Crippen LogP contribution in [0.25, 0.3) is 0 Å². The van der Waals surface area contributed by atoms with Crippen LogP contribution in [-0.2, 0) is 6.54 Å². The van der Waals surface area contributed by atoms with Gasteiger partial charge in [-0.2, -0.15) is 0 Å². The average molecular weight is 311 g/mol. The number of rotatable bonds is 6. The summed E-state index contributed by atoms with van der Waals surface area (Å²) in [7, 11) is 4.32. The summed E-state index contributed by atoms with van der Waals surface area (Å²) in [6.45, 7) is 3.98. The van der Waals surface area contributed by atoms with Crippen molar-refractivity contribution in [3.05, 3.63) is 27.1 Å². The van der Waals surface area contributed by atoms with Crippen molar-refractivity contribution >= 4 is 16.3 Å². The van der Waals surface area contributed by atoms with Crippen LogP contribution in [0.2, 0.25) is 0 Å². The summed E-state index contributed by atoms with van der Waals surface area (Å²) in [4.78, 5) is 13.8. The van der Waals surface area contributed by atoms with Crippen molar-refractivity contribution in [2.45, 2.75) is 44.7 Å². The van der Waals surface area contributed by atoms with Gasteiger partial charge in [-0.05, 0) is 38.9 Å². The second-order valence-electron chi connectivity index (χ2n) is 6.42. The topological polar surface area (TPSA) is 58.4 Å². The molecule has 0 bridgehead atoms. The van der Waals surface area contributed by atoms with Gasteiger partial charge in [0, 0.05) is 29.6 Å². The number of likely N-dealkylation sites (N-methyl/N-ethyl adjacent to an activating group) is 1. The lowest BCUT2D eigenvalue weighted by molar-refractivity contribution is -0.380. The maximum absolute atomic E-state index is 10.7. The Bertz CT molecular complexity index is 489. The number of nitrogens with zero attached hydrogens (tertiary/aromatic N) is 2. The summed E-state index contributed by atoms with van der Waals surface area (Å²) in [5.41, 5.74) is 0.223. The molecule has 0 radical (unpaired) electrons. The van der Waals surface area contributed by atoms with Gasteiger partial charge in [0.2, 0.25) is 0 Å². The van der Waals surface area contributed by atoms with Crippen molar-refractivity contribution in [3.8, 4) is 0 Å². The molecule has 1 saturated carbocycles. The Morgan fingerprint density at radius 2 is 2.29 bits per heavy atom. The Morgan fingerprint density at radius 1 is 1.52 bits per heavy atom. The standard InChI is InChI=1S/C15H25N3O2S/c1-12-5-4-8-15(9-12,17(2)3)11-16-10-13-6-7-14(21-13)18(19)20/h6-7,12,16H,4-5,8-11H2,1-3H3. The van der Waals surface area contributed by atoms with E-state index in [0.717, 1.165) is 17.3 Å². The predicted molar refractivity (Wildman–Crippen MR) is 86.7 cm³/mol.